The number of para-hydroxylation sites is 2. The molecule has 0 amide bonds. The number of benzene rings is 5. The molecule has 0 atom stereocenters. The number of hydrogen-bond donors (Lipinski definition) is 0. The minimum atomic E-state index is 0.731. The Balaban J connectivity index is 1.20. The highest BCUT2D eigenvalue weighted by Gasteiger charge is 2.17. The van der Waals surface area contributed by atoms with Gasteiger partial charge in [-0.25, -0.2) is 9.97 Å². The summed E-state index contributed by atoms with van der Waals surface area (Å²) in [4.78, 5) is 15.5. The molecule has 3 aromatic heterocycles. The Kier molecular flexibility index (Phi) is 6.39. The standard InChI is InChI=1S/C39H27N5/c1-3-8-31(9-4-1)43(32-10-5-2-6-11-32)34-20-21-37-35(26-34)36-27-40-25-22-38(36)44(37)33-18-16-29(17-19-33)28-12-14-30(15-13-28)39-41-23-7-24-42-39/h1-27H. The highest BCUT2D eigenvalue weighted by molar-refractivity contribution is 6.10. The van der Waals surface area contributed by atoms with E-state index < -0.39 is 0 Å². The summed E-state index contributed by atoms with van der Waals surface area (Å²) in [6.07, 6.45) is 7.37. The third-order valence-electron chi connectivity index (χ3n) is 8.00. The van der Waals surface area contributed by atoms with E-state index in [-0.39, 0.29) is 0 Å². The SMILES string of the molecule is c1ccc(N(c2ccccc2)c2ccc3c(c2)c2cnccc2n3-c2ccc(-c3ccc(-c4ncccn4)cc3)cc2)cc1. The fraction of sp³-hybridized carbons (Fsp3) is 0. The second-order valence-electron chi connectivity index (χ2n) is 10.6. The molecule has 8 aromatic rings. The lowest BCUT2D eigenvalue weighted by molar-refractivity contribution is 1.17. The monoisotopic (exact) mass is 565 g/mol. The molecule has 5 nitrogen and oxygen atoms in total. The number of aromatic nitrogens is 4. The number of nitrogens with zero attached hydrogens (tertiary/aromatic N) is 5. The van der Waals surface area contributed by atoms with Crippen molar-refractivity contribution in [3.05, 3.63) is 164 Å². The van der Waals surface area contributed by atoms with Gasteiger partial charge in [-0.1, -0.05) is 72.8 Å². The molecule has 0 unspecified atom stereocenters. The van der Waals surface area contributed by atoms with Gasteiger partial charge in [0.05, 0.1) is 11.0 Å². The molecule has 8 rings (SSSR count). The second-order valence-corrected chi connectivity index (χ2v) is 10.6. The number of anilines is 3. The Morgan fingerprint density at radius 3 is 1.70 bits per heavy atom. The molecule has 208 valence electrons. The lowest BCUT2D eigenvalue weighted by atomic mass is 10.0. The first-order chi connectivity index (χ1) is 21.8. The van der Waals surface area contributed by atoms with Gasteiger partial charge in [0.15, 0.2) is 5.82 Å². The predicted octanol–water partition coefficient (Wildman–Crippen LogP) is 9.77. The maximum absolute atomic E-state index is 4.51. The van der Waals surface area contributed by atoms with Crippen molar-refractivity contribution >= 4 is 38.9 Å². The summed E-state index contributed by atoms with van der Waals surface area (Å²) in [5.41, 5.74) is 9.98. The van der Waals surface area contributed by atoms with Crippen LogP contribution >= 0.6 is 0 Å². The summed E-state index contributed by atoms with van der Waals surface area (Å²) >= 11 is 0. The van der Waals surface area contributed by atoms with Crippen LogP contribution in [0.5, 0.6) is 0 Å². The molecule has 3 heterocycles. The summed E-state index contributed by atoms with van der Waals surface area (Å²) in [6.45, 7) is 0. The lowest BCUT2D eigenvalue weighted by Gasteiger charge is -2.25. The molecule has 0 saturated heterocycles. The molecule has 0 N–H and O–H groups in total. The molecule has 0 saturated carbocycles. The van der Waals surface area contributed by atoms with Crippen LogP contribution in [-0.4, -0.2) is 19.5 Å². The van der Waals surface area contributed by atoms with Crippen LogP contribution in [0, 0.1) is 0 Å². The van der Waals surface area contributed by atoms with E-state index in [1.807, 2.05) is 18.5 Å². The van der Waals surface area contributed by atoms with E-state index in [2.05, 4.69) is 158 Å². The number of rotatable bonds is 6. The number of pyridine rings is 1. The summed E-state index contributed by atoms with van der Waals surface area (Å²) in [6, 6.07) is 48.8. The summed E-state index contributed by atoms with van der Waals surface area (Å²) < 4.78 is 2.32. The summed E-state index contributed by atoms with van der Waals surface area (Å²) in [7, 11) is 0. The highest BCUT2D eigenvalue weighted by atomic mass is 15.1. The molecule has 0 fully saturated rings. The van der Waals surface area contributed by atoms with E-state index in [4.69, 9.17) is 0 Å². The van der Waals surface area contributed by atoms with Gasteiger partial charge < -0.3 is 9.47 Å². The van der Waals surface area contributed by atoms with Crippen molar-refractivity contribution in [2.75, 3.05) is 4.90 Å². The van der Waals surface area contributed by atoms with Crippen molar-refractivity contribution < 1.29 is 0 Å². The van der Waals surface area contributed by atoms with Crippen molar-refractivity contribution in [2.24, 2.45) is 0 Å². The minimum absolute atomic E-state index is 0.731. The van der Waals surface area contributed by atoms with Gasteiger partial charge in [-0.2, -0.15) is 0 Å². The molecule has 0 aliphatic rings. The largest absolute Gasteiger partial charge is 0.310 e. The fourth-order valence-electron chi connectivity index (χ4n) is 5.94. The first kappa shape index (κ1) is 25.6. The Morgan fingerprint density at radius 2 is 1.05 bits per heavy atom. The van der Waals surface area contributed by atoms with Crippen molar-refractivity contribution in [1.29, 1.82) is 0 Å². The van der Waals surface area contributed by atoms with Crippen molar-refractivity contribution in [3.63, 3.8) is 0 Å². The molecule has 0 spiro atoms. The van der Waals surface area contributed by atoms with Crippen molar-refractivity contribution in [2.45, 2.75) is 0 Å². The van der Waals surface area contributed by atoms with E-state index in [1.165, 1.54) is 0 Å². The quantitative estimate of drug-likeness (QED) is 0.201. The van der Waals surface area contributed by atoms with Crippen LogP contribution in [0.15, 0.2) is 164 Å². The van der Waals surface area contributed by atoms with Crippen LogP contribution in [0.1, 0.15) is 0 Å². The molecule has 0 radical (unpaired) electrons. The van der Waals surface area contributed by atoms with E-state index in [0.29, 0.717) is 0 Å². The Hall–Kier alpha value is -6.07. The topological polar surface area (TPSA) is 46.8 Å². The summed E-state index contributed by atoms with van der Waals surface area (Å²) in [5, 5.41) is 2.28. The van der Waals surface area contributed by atoms with Crippen LogP contribution in [-0.2, 0) is 0 Å². The smallest absolute Gasteiger partial charge is 0.159 e. The van der Waals surface area contributed by atoms with Crippen LogP contribution in [0.4, 0.5) is 17.1 Å². The maximum atomic E-state index is 4.51. The van der Waals surface area contributed by atoms with Crippen LogP contribution in [0.25, 0.3) is 50.0 Å². The minimum Gasteiger partial charge on any atom is -0.310 e. The third-order valence-corrected chi connectivity index (χ3v) is 8.00. The number of hydrogen-bond acceptors (Lipinski definition) is 4. The predicted molar refractivity (Wildman–Crippen MR) is 180 cm³/mol. The first-order valence-corrected chi connectivity index (χ1v) is 14.6. The van der Waals surface area contributed by atoms with Crippen LogP contribution < -0.4 is 4.90 Å². The average molecular weight is 566 g/mol. The first-order valence-electron chi connectivity index (χ1n) is 14.6. The molecule has 5 heteroatoms. The van der Waals surface area contributed by atoms with Crippen LogP contribution in [0.2, 0.25) is 0 Å². The maximum Gasteiger partial charge on any atom is 0.159 e. The van der Waals surface area contributed by atoms with Gasteiger partial charge in [-0.3, -0.25) is 4.98 Å². The molecular formula is C39H27N5. The van der Waals surface area contributed by atoms with Crippen molar-refractivity contribution in [1.82, 2.24) is 19.5 Å². The van der Waals surface area contributed by atoms with Gasteiger partial charge in [-0.15, -0.1) is 0 Å². The zero-order valence-electron chi connectivity index (χ0n) is 23.8. The van der Waals surface area contributed by atoms with Crippen molar-refractivity contribution in [3.8, 4) is 28.2 Å². The highest BCUT2D eigenvalue weighted by Crippen LogP contribution is 2.39. The third kappa shape index (κ3) is 4.57. The molecule has 44 heavy (non-hydrogen) atoms. The fourth-order valence-corrected chi connectivity index (χ4v) is 5.94. The van der Waals surface area contributed by atoms with Gasteiger partial charge in [-0.05, 0) is 77.9 Å². The molecule has 0 bridgehead atoms. The number of fused-ring (bicyclic) bond motifs is 3. The average Bonchev–Trinajstić information content (AvgIpc) is 3.44. The molecule has 0 aliphatic carbocycles. The van der Waals surface area contributed by atoms with Gasteiger partial charge in [0.2, 0.25) is 0 Å². The van der Waals surface area contributed by atoms with E-state index in [0.717, 1.165) is 67.1 Å². The molecule has 0 aliphatic heterocycles. The lowest BCUT2D eigenvalue weighted by Crippen LogP contribution is -2.09. The van der Waals surface area contributed by atoms with E-state index >= 15 is 0 Å². The second kappa shape index (κ2) is 11.0. The Labute approximate surface area is 255 Å². The zero-order valence-corrected chi connectivity index (χ0v) is 23.8. The Bertz CT molecular complexity index is 2150. The van der Waals surface area contributed by atoms with E-state index in [9.17, 15) is 0 Å². The molecular weight excluding hydrogens is 538 g/mol. The van der Waals surface area contributed by atoms with Gasteiger partial charge >= 0.3 is 0 Å². The zero-order chi connectivity index (χ0) is 29.3. The van der Waals surface area contributed by atoms with Gasteiger partial charge in [0.1, 0.15) is 0 Å². The molecule has 5 aromatic carbocycles. The van der Waals surface area contributed by atoms with Crippen LogP contribution in [0.3, 0.4) is 0 Å². The normalized spacial score (nSPS) is 11.2. The Morgan fingerprint density at radius 1 is 0.455 bits per heavy atom. The summed E-state index contributed by atoms with van der Waals surface area (Å²) in [5.74, 6) is 0.731. The van der Waals surface area contributed by atoms with E-state index in [1.54, 1.807) is 12.4 Å². The van der Waals surface area contributed by atoms with Gasteiger partial charge in [0.25, 0.3) is 0 Å². The van der Waals surface area contributed by atoms with Gasteiger partial charge in [0, 0.05) is 63.9 Å².